The molecule has 0 atom stereocenters. The summed E-state index contributed by atoms with van der Waals surface area (Å²) < 4.78 is 34.4. The number of ether oxygens (including phenoxy) is 1. The number of hydrogen-bond donors (Lipinski definition) is 1. The fraction of sp³-hybridized carbons (Fsp3) is 0.200. The Balaban J connectivity index is 1.79. The highest BCUT2D eigenvalue weighted by molar-refractivity contribution is 7.93. The van der Waals surface area contributed by atoms with Gasteiger partial charge in [0, 0.05) is 26.5 Å². The highest BCUT2D eigenvalue weighted by Gasteiger charge is 2.31. The van der Waals surface area contributed by atoms with Crippen molar-refractivity contribution in [2.75, 3.05) is 16.2 Å². The van der Waals surface area contributed by atoms with Crippen molar-refractivity contribution in [1.82, 2.24) is 0 Å². The lowest BCUT2D eigenvalue weighted by Gasteiger charge is -2.27. The predicted octanol–water partition coefficient (Wildman–Crippen LogP) is 6.86. The van der Waals surface area contributed by atoms with Crippen LogP contribution in [-0.2, 0) is 30.8 Å². The molecule has 0 aliphatic heterocycles. The molecule has 0 spiro atoms. The molecule has 0 unspecified atom stereocenters. The van der Waals surface area contributed by atoms with Crippen LogP contribution >= 0.6 is 23.2 Å². The summed E-state index contributed by atoms with van der Waals surface area (Å²) in [5.41, 5.74) is 0.746. The van der Waals surface area contributed by atoms with Gasteiger partial charge in [-0.3, -0.25) is 13.9 Å². The summed E-state index contributed by atoms with van der Waals surface area (Å²) in [6.45, 7) is 4.49. The van der Waals surface area contributed by atoms with Crippen LogP contribution in [0.25, 0.3) is 10.8 Å². The number of esters is 1. The van der Waals surface area contributed by atoms with Crippen LogP contribution in [0, 0.1) is 0 Å². The quantitative estimate of drug-likeness (QED) is 0.223. The number of halogens is 2. The minimum Gasteiger partial charge on any atom is -0.459 e. The molecule has 0 aliphatic rings. The Morgan fingerprint density at radius 2 is 1.48 bits per heavy atom. The average Bonchev–Trinajstić information content (AvgIpc) is 2.86. The predicted molar refractivity (Wildman–Crippen MR) is 160 cm³/mol. The van der Waals surface area contributed by atoms with Crippen LogP contribution in [0.1, 0.15) is 26.3 Å². The van der Waals surface area contributed by atoms with Crippen molar-refractivity contribution in [3.05, 3.63) is 101 Å². The number of nitrogens with zero attached hydrogens (tertiary/aromatic N) is 1. The second-order valence-electron chi connectivity index (χ2n) is 10.1. The van der Waals surface area contributed by atoms with Crippen LogP contribution in [-0.4, -0.2) is 32.4 Å². The maximum Gasteiger partial charge on any atom is 0.327 e. The van der Waals surface area contributed by atoms with Crippen LogP contribution in [0.4, 0.5) is 11.4 Å². The third-order valence-electron chi connectivity index (χ3n) is 5.77. The molecule has 4 rings (SSSR count). The molecule has 4 aromatic rings. The van der Waals surface area contributed by atoms with Crippen LogP contribution in [0.2, 0.25) is 10.0 Å². The van der Waals surface area contributed by atoms with Crippen molar-refractivity contribution in [3.63, 3.8) is 0 Å². The Kier molecular flexibility index (Phi) is 8.73. The zero-order valence-corrected chi connectivity index (χ0v) is 24.5. The smallest absolute Gasteiger partial charge is 0.327 e. The molecular weight excluding hydrogens is 571 g/mol. The number of benzene rings is 4. The number of sulfonamides is 1. The number of nitrogens with one attached hydrogen (secondary N) is 1. The van der Waals surface area contributed by atoms with Crippen LogP contribution < -0.4 is 9.62 Å². The van der Waals surface area contributed by atoms with E-state index in [9.17, 15) is 18.0 Å². The largest absolute Gasteiger partial charge is 0.459 e. The molecule has 0 aromatic heterocycles. The van der Waals surface area contributed by atoms with Crippen LogP contribution in [0.3, 0.4) is 0 Å². The van der Waals surface area contributed by atoms with Crippen LogP contribution in [0.15, 0.2) is 89.8 Å². The number of fused-ring (bicyclic) bond motifs is 1. The van der Waals surface area contributed by atoms with E-state index in [1.165, 1.54) is 18.2 Å². The van der Waals surface area contributed by atoms with Crippen molar-refractivity contribution in [2.45, 2.75) is 37.7 Å². The van der Waals surface area contributed by atoms with E-state index in [1.54, 1.807) is 57.2 Å². The van der Waals surface area contributed by atoms with Gasteiger partial charge in [-0.05, 0) is 56.7 Å². The second kappa shape index (κ2) is 11.9. The fourth-order valence-corrected chi connectivity index (χ4v) is 6.35. The standard InChI is InChI=1S/C30H28Cl2N2O5S/c1-30(2,3)39-29(36)19-34(40(37,38)23-17-21(31)16-22(32)18-23)27-14-8-11-24-25(27)12-7-13-26(24)33-28(35)15-20-9-5-4-6-10-20/h4-14,16-18H,15,19H2,1-3H3,(H,33,35). The van der Waals surface area contributed by atoms with Gasteiger partial charge in [-0.1, -0.05) is 77.8 Å². The van der Waals surface area contributed by atoms with E-state index in [-0.39, 0.29) is 33.0 Å². The molecule has 7 nitrogen and oxygen atoms in total. The van der Waals surface area contributed by atoms with Crippen LogP contribution in [0.5, 0.6) is 0 Å². The molecule has 4 aromatic carbocycles. The molecule has 1 N–H and O–H groups in total. The maximum absolute atomic E-state index is 14.0. The SMILES string of the molecule is CC(C)(C)OC(=O)CN(c1cccc2c(NC(=O)Cc3ccccc3)cccc12)S(=O)(=O)c1cc(Cl)cc(Cl)c1. The molecule has 40 heavy (non-hydrogen) atoms. The summed E-state index contributed by atoms with van der Waals surface area (Å²) in [4.78, 5) is 25.6. The third kappa shape index (κ3) is 7.13. The minimum atomic E-state index is -4.34. The molecule has 0 saturated carbocycles. The normalized spacial score (nSPS) is 11.7. The van der Waals surface area contributed by atoms with Gasteiger partial charge in [0.05, 0.1) is 17.0 Å². The van der Waals surface area contributed by atoms with E-state index < -0.39 is 28.1 Å². The van der Waals surface area contributed by atoms with E-state index in [4.69, 9.17) is 27.9 Å². The lowest BCUT2D eigenvalue weighted by Crippen LogP contribution is -2.39. The Labute approximate surface area is 243 Å². The number of carbonyl (C=O) groups excluding carboxylic acids is 2. The summed E-state index contributed by atoms with van der Waals surface area (Å²) in [5, 5.41) is 4.27. The lowest BCUT2D eigenvalue weighted by molar-refractivity contribution is -0.152. The van der Waals surface area contributed by atoms with Crippen molar-refractivity contribution >= 4 is 67.2 Å². The van der Waals surface area contributed by atoms with E-state index in [0.717, 1.165) is 9.87 Å². The Bertz CT molecular complexity index is 1650. The molecule has 208 valence electrons. The molecule has 0 aliphatic carbocycles. The van der Waals surface area contributed by atoms with Gasteiger partial charge >= 0.3 is 5.97 Å². The summed E-state index contributed by atoms with van der Waals surface area (Å²) in [5.74, 6) is -0.968. The highest BCUT2D eigenvalue weighted by Crippen LogP contribution is 2.35. The van der Waals surface area contributed by atoms with Gasteiger partial charge in [0.25, 0.3) is 10.0 Å². The summed E-state index contributed by atoms with van der Waals surface area (Å²) >= 11 is 12.2. The van der Waals surface area contributed by atoms with E-state index in [1.807, 2.05) is 30.3 Å². The first-order valence-electron chi connectivity index (χ1n) is 12.4. The molecule has 0 heterocycles. The first-order valence-corrected chi connectivity index (χ1v) is 14.6. The first kappa shape index (κ1) is 29.4. The first-order chi connectivity index (χ1) is 18.8. The van der Waals surface area contributed by atoms with Gasteiger partial charge in [-0.2, -0.15) is 0 Å². The molecular formula is C30H28Cl2N2O5S. The van der Waals surface area contributed by atoms with Gasteiger partial charge in [0.15, 0.2) is 0 Å². The van der Waals surface area contributed by atoms with Gasteiger partial charge in [0.2, 0.25) is 5.91 Å². The van der Waals surface area contributed by atoms with Gasteiger partial charge in [0.1, 0.15) is 12.1 Å². The van der Waals surface area contributed by atoms with Gasteiger partial charge in [-0.25, -0.2) is 8.42 Å². The minimum absolute atomic E-state index is 0.129. The van der Waals surface area contributed by atoms with Crippen molar-refractivity contribution in [3.8, 4) is 0 Å². The number of anilines is 2. The van der Waals surface area contributed by atoms with E-state index in [2.05, 4.69) is 5.32 Å². The van der Waals surface area contributed by atoms with Gasteiger partial charge < -0.3 is 10.1 Å². The number of rotatable bonds is 8. The van der Waals surface area contributed by atoms with E-state index in [0.29, 0.717) is 16.5 Å². The monoisotopic (exact) mass is 598 g/mol. The molecule has 0 fully saturated rings. The molecule has 0 bridgehead atoms. The summed E-state index contributed by atoms with van der Waals surface area (Å²) in [6.07, 6.45) is 0.172. The summed E-state index contributed by atoms with van der Waals surface area (Å²) in [7, 11) is -4.34. The lowest BCUT2D eigenvalue weighted by atomic mass is 10.1. The molecule has 10 heteroatoms. The molecule has 0 radical (unpaired) electrons. The second-order valence-corrected chi connectivity index (χ2v) is 12.8. The fourth-order valence-electron chi connectivity index (χ4n) is 4.19. The number of hydrogen-bond acceptors (Lipinski definition) is 5. The van der Waals surface area contributed by atoms with Crippen molar-refractivity contribution in [2.24, 2.45) is 0 Å². The van der Waals surface area contributed by atoms with Crippen molar-refractivity contribution in [1.29, 1.82) is 0 Å². The van der Waals surface area contributed by atoms with Gasteiger partial charge in [-0.15, -0.1) is 0 Å². The zero-order chi connectivity index (χ0) is 29.1. The third-order valence-corrected chi connectivity index (χ3v) is 7.94. The zero-order valence-electron chi connectivity index (χ0n) is 22.1. The van der Waals surface area contributed by atoms with E-state index >= 15 is 0 Å². The number of carbonyl (C=O) groups is 2. The van der Waals surface area contributed by atoms with Crippen molar-refractivity contribution < 1.29 is 22.7 Å². The molecule has 1 amide bonds. The molecule has 0 saturated heterocycles. The maximum atomic E-state index is 14.0. The summed E-state index contributed by atoms with van der Waals surface area (Å²) in [6, 6.07) is 23.5. The average molecular weight is 600 g/mol. The Morgan fingerprint density at radius 3 is 2.12 bits per heavy atom. The highest BCUT2D eigenvalue weighted by atomic mass is 35.5. The topological polar surface area (TPSA) is 92.8 Å². The Morgan fingerprint density at radius 1 is 0.850 bits per heavy atom. The Hall–Kier alpha value is -3.59. The number of amides is 1.